The van der Waals surface area contributed by atoms with Gasteiger partial charge in [-0.3, -0.25) is 4.79 Å². The number of amides is 2. The molecule has 2 N–H and O–H groups in total. The van der Waals surface area contributed by atoms with Gasteiger partial charge in [0.15, 0.2) is 5.82 Å². The third-order valence-corrected chi connectivity index (χ3v) is 9.04. The summed E-state index contributed by atoms with van der Waals surface area (Å²) in [5, 5.41) is 26.3. The largest absolute Gasteiger partial charge is 0.465 e. The Kier molecular flexibility index (Phi) is 6.18. The van der Waals surface area contributed by atoms with Crippen molar-refractivity contribution in [2.45, 2.75) is 75.7 Å². The highest BCUT2D eigenvalue weighted by Gasteiger charge is 2.44. The quantitative estimate of drug-likeness (QED) is 0.488. The first kappa shape index (κ1) is 25.0. The maximum atomic E-state index is 12.5. The second-order valence-electron chi connectivity index (χ2n) is 11.4. The first-order valence-corrected chi connectivity index (χ1v) is 14.2. The van der Waals surface area contributed by atoms with Crippen LogP contribution in [0.3, 0.4) is 0 Å². The number of rotatable bonds is 5. The second kappa shape index (κ2) is 9.88. The number of nitrogens with one attached hydrogen (secondary N) is 1. The maximum Gasteiger partial charge on any atom is 0.407 e. The second-order valence-corrected chi connectivity index (χ2v) is 11.4. The van der Waals surface area contributed by atoms with E-state index >= 15 is 0 Å². The van der Waals surface area contributed by atoms with E-state index in [0.717, 1.165) is 85.3 Å². The van der Waals surface area contributed by atoms with Crippen molar-refractivity contribution in [3.8, 4) is 22.4 Å². The summed E-state index contributed by atoms with van der Waals surface area (Å²) in [5.74, 6) is 0.713. The standard InChI is InChI=1S/C29H33N7O4/c1-34(20-12-18-5-6-19(13-20)36(18)29(38)39)25-10-9-24(32-33-25)22-8-7-21(23-14-26(37)31-28(22)23)17-15-30-35(16-17)27-4-2-3-11-40-27/h7-10,15-16,18-20,27H,2-6,11-14H2,1H3,(H,31,37)(H,38,39)/t18-,19+,20?,27?. The van der Waals surface area contributed by atoms with E-state index in [1.54, 1.807) is 4.90 Å². The highest BCUT2D eigenvalue weighted by atomic mass is 16.5. The molecule has 1 aromatic carbocycles. The smallest absolute Gasteiger partial charge is 0.407 e. The van der Waals surface area contributed by atoms with Gasteiger partial charge in [-0.15, -0.1) is 10.2 Å². The Morgan fingerprint density at radius 2 is 1.88 bits per heavy atom. The third kappa shape index (κ3) is 4.28. The van der Waals surface area contributed by atoms with Crippen molar-refractivity contribution in [3.05, 3.63) is 42.2 Å². The molecule has 40 heavy (non-hydrogen) atoms. The molecular weight excluding hydrogens is 510 g/mol. The van der Waals surface area contributed by atoms with Crippen molar-refractivity contribution in [1.82, 2.24) is 24.9 Å². The predicted octanol–water partition coefficient (Wildman–Crippen LogP) is 4.31. The highest BCUT2D eigenvalue weighted by molar-refractivity contribution is 6.06. The summed E-state index contributed by atoms with van der Waals surface area (Å²) in [5.41, 5.74) is 5.18. The van der Waals surface area contributed by atoms with Crippen LogP contribution in [0.15, 0.2) is 36.7 Å². The van der Waals surface area contributed by atoms with Crippen LogP contribution in [0, 0.1) is 0 Å². The molecule has 208 valence electrons. The summed E-state index contributed by atoms with van der Waals surface area (Å²) in [6, 6.07) is 8.28. The van der Waals surface area contributed by atoms with Crippen LogP contribution in [0.4, 0.5) is 16.3 Å². The summed E-state index contributed by atoms with van der Waals surface area (Å²) in [4.78, 5) is 28.0. The number of carboxylic acid groups (broad SMARTS) is 1. The van der Waals surface area contributed by atoms with Gasteiger partial charge in [-0.25, -0.2) is 9.48 Å². The van der Waals surface area contributed by atoms with Crippen molar-refractivity contribution >= 4 is 23.5 Å². The number of anilines is 2. The van der Waals surface area contributed by atoms with Gasteiger partial charge in [-0.1, -0.05) is 12.1 Å². The van der Waals surface area contributed by atoms with Crippen LogP contribution in [0.5, 0.6) is 0 Å². The van der Waals surface area contributed by atoms with Crippen LogP contribution in [0.2, 0.25) is 0 Å². The molecule has 4 aliphatic heterocycles. The molecule has 3 fully saturated rings. The van der Waals surface area contributed by atoms with Crippen molar-refractivity contribution in [2.75, 3.05) is 23.9 Å². The van der Waals surface area contributed by atoms with Crippen molar-refractivity contribution < 1.29 is 19.4 Å². The van der Waals surface area contributed by atoms with Gasteiger partial charge in [-0.05, 0) is 68.2 Å². The van der Waals surface area contributed by atoms with Gasteiger partial charge in [0.1, 0.15) is 6.23 Å². The number of nitrogens with zero attached hydrogens (tertiary/aromatic N) is 6. The van der Waals surface area contributed by atoms with E-state index in [9.17, 15) is 14.7 Å². The van der Waals surface area contributed by atoms with E-state index in [4.69, 9.17) is 4.74 Å². The number of hydrogen-bond donors (Lipinski definition) is 2. The van der Waals surface area contributed by atoms with E-state index in [2.05, 4.69) is 25.5 Å². The molecule has 0 saturated carbocycles. The predicted molar refractivity (Wildman–Crippen MR) is 148 cm³/mol. The van der Waals surface area contributed by atoms with Gasteiger partial charge in [0.2, 0.25) is 5.91 Å². The normalized spacial score (nSPS) is 25.5. The summed E-state index contributed by atoms with van der Waals surface area (Å²) in [6.45, 7) is 0.753. The molecule has 6 heterocycles. The molecule has 2 amide bonds. The Morgan fingerprint density at radius 1 is 1.07 bits per heavy atom. The molecule has 0 radical (unpaired) electrons. The first-order chi connectivity index (χ1) is 19.5. The SMILES string of the molecule is CN(c1ccc(-c2ccc(-c3cnn(C4CCCCO4)c3)c3c2NC(=O)C3)nn1)C1C[C@H]2CC[C@@H](C1)N2C(=O)O. The maximum absolute atomic E-state index is 12.5. The minimum Gasteiger partial charge on any atom is -0.465 e. The van der Waals surface area contributed by atoms with Crippen molar-refractivity contribution in [1.29, 1.82) is 0 Å². The Morgan fingerprint density at radius 3 is 2.58 bits per heavy atom. The van der Waals surface area contributed by atoms with Crippen LogP contribution in [0.25, 0.3) is 22.4 Å². The molecule has 3 saturated heterocycles. The zero-order valence-corrected chi connectivity index (χ0v) is 22.5. The summed E-state index contributed by atoms with van der Waals surface area (Å²) < 4.78 is 7.77. The Bertz CT molecular complexity index is 1440. The monoisotopic (exact) mass is 543 g/mol. The lowest BCUT2D eigenvalue weighted by molar-refractivity contribution is -0.115. The van der Waals surface area contributed by atoms with E-state index in [1.807, 2.05) is 48.4 Å². The number of hydrogen-bond acceptors (Lipinski definition) is 7. The molecule has 4 atom stereocenters. The molecule has 11 nitrogen and oxygen atoms in total. The molecule has 2 aromatic heterocycles. The fraction of sp³-hybridized carbons (Fsp3) is 0.483. The number of piperidine rings is 1. The van der Waals surface area contributed by atoms with Crippen molar-refractivity contribution in [2.24, 2.45) is 0 Å². The summed E-state index contributed by atoms with van der Waals surface area (Å²) in [7, 11) is 2.01. The third-order valence-electron chi connectivity index (χ3n) is 9.04. The number of aromatic nitrogens is 4. The van der Waals surface area contributed by atoms with E-state index in [-0.39, 0.29) is 30.3 Å². The summed E-state index contributed by atoms with van der Waals surface area (Å²) in [6.07, 6.45) is 9.90. The number of fused-ring (bicyclic) bond motifs is 3. The van der Waals surface area contributed by atoms with Gasteiger partial charge in [0, 0.05) is 49.1 Å². The van der Waals surface area contributed by atoms with E-state index in [0.29, 0.717) is 12.1 Å². The zero-order valence-electron chi connectivity index (χ0n) is 22.5. The van der Waals surface area contributed by atoms with Crippen LogP contribution in [0.1, 0.15) is 56.7 Å². The van der Waals surface area contributed by atoms with Crippen LogP contribution in [-0.2, 0) is 16.0 Å². The number of carbonyl (C=O) groups excluding carboxylic acids is 1. The molecule has 11 heteroatoms. The van der Waals surface area contributed by atoms with Crippen LogP contribution < -0.4 is 10.2 Å². The summed E-state index contributed by atoms with van der Waals surface area (Å²) >= 11 is 0. The lowest BCUT2D eigenvalue weighted by Crippen LogP contribution is -2.51. The number of benzene rings is 1. The topological polar surface area (TPSA) is 126 Å². The van der Waals surface area contributed by atoms with Crippen LogP contribution >= 0.6 is 0 Å². The van der Waals surface area contributed by atoms with Gasteiger partial charge in [0.05, 0.1) is 24.0 Å². The molecule has 0 aliphatic carbocycles. The van der Waals surface area contributed by atoms with E-state index < -0.39 is 6.09 Å². The Labute approximate surface area is 232 Å². The Hall–Kier alpha value is -3.99. The Balaban J connectivity index is 1.12. The fourth-order valence-electron chi connectivity index (χ4n) is 6.99. The lowest BCUT2D eigenvalue weighted by atomic mass is 9.95. The molecule has 3 aromatic rings. The number of ether oxygens (including phenoxy) is 1. The minimum atomic E-state index is -0.810. The average molecular weight is 544 g/mol. The molecule has 7 rings (SSSR count). The van der Waals surface area contributed by atoms with Gasteiger partial charge in [0.25, 0.3) is 0 Å². The lowest BCUT2D eigenvalue weighted by Gasteiger charge is -2.41. The fourth-order valence-corrected chi connectivity index (χ4v) is 6.99. The van der Waals surface area contributed by atoms with Gasteiger partial charge < -0.3 is 25.0 Å². The number of carbonyl (C=O) groups is 2. The van der Waals surface area contributed by atoms with Gasteiger partial charge >= 0.3 is 6.09 Å². The molecular formula is C29H33N7O4. The molecule has 0 spiro atoms. The zero-order chi connectivity index (χ0) is 27.4. The molecule has 4 aliphatic rings. The van der Waals surface area contributed by atoms with Gasteiger partial charge in [-0.2, -0.15) is 5.10 Å². The minimum absolute atomic E-state index is 0.0404. The van der Waals surface area contributed by atoms with E-state index in [1.165, 1.54) is 0 Å². The van der Waals surface area contributed by atoms with Crippen LogP contribution in [-0.4, -0.2) is 73.8 Å². The molecule has 2 bridgehead atoms. The first-order valence-electron chi connectivity index (χ1n) is 14.2. The molecule has 2 unspecified atom stereocenters. The average Bonchev–Trinajstić information content (AvgIpc) is 3.68. The highest BCUT2D eigenvalue weighted by Crippen LogP contribution is 2.41. The van der Waals surface area contributed by atoms with Crippen molar-refractivity contribution in [3.63, 3.8) is 0 Å².